The molecule has 2 amide bonds. The Morgan fingerprint density at radius 3 is 2.47 bits per heavy atom. The number of fused-ring (bicyclic) bond motifs is 2. The number of hydrogen-bond donors (Lipinski definition) is 1. The van der Waals surface area contributed by atoms with Crippen LogP contribution in [0.2, 0.25) is 0 Å². The summed E-state index contributed by atoms with van der Waals surface area (Å²) in [6.07, 6.45) is 5.61. The molecule has 1 aliphatic heterocycles. The molecule has 2 saturated carbocycles. The number of carbonyl (C=O) groups is 3. The number of Topliss-reactive ketones (excluding diaryl/α,β-unsaturated/α-hetero) is 1. The lowest BCUT2D eigenvalue weighted by Gasteiger charge is -2.27. The number of ketones is 1. The molecule has 0 spiro atoms. The van der Waals surface area contributed by atoms with Gasteiger partial charge in [0.15, 0.2) is 5.78 Å². The Balaban J connectivity index is 1.25. The topological polar surface area (TPSA) is 110 Å². The highest BCUT2D eigenvalue weighted by Crippen LogP contribution is 2.59. The maximum atomic E-state index is 13.6. The quantitative estimate of drug-likeness (QED) is 0.352. The number of piperidine rings is 1. The third kappa shape index (κ3) is 4.35. The Morgan fingerprint density at radius 1 is 1.11 bits per heavy atom. The summed E-state index contributed by atoms with van der Waals surface area (Å²) in [4.78, 5) is 49.4. The van der Waals surface area contributed by atoms with E-state index in [2.05, 4.69) is 27.3 Å². The molecule has 1 N–H and O–H groups in total. The van der Waals surface area contributed by atoms with Crippen LogP contribution in [0.3, 0.4) is 0 Å². The smallest absolute Gasteiger partial charge is 0.245 e. The van der Waals surface area contributed by atoms with E-state index in [9.17, 15) is 14.4 Å². The molecule has 2 unspecified atom stereocenters. The average molecular weight is 555 g/mol. The summed E-state index contributed by atoms with van der Waals surface area (Å²) in [5.41, 5.74) is 2.59. The molecular formula is C27H28Cl2N6O3. The minimum Gasteiger partial charge on any atom is -0.354 e. The number of likely N-dealkylation sites (tertiary alicyclic amines) is 1. The van der Waals surface area contributed by atoms with E-state index in [1.807, 2.05) is 25.1 Å². The lowest BCUT2D eigenvalue weighted by Crippen LogP contribution is -2.49. The molecule has 9 nitrogen and oxygen atoms in total. The summed E-state index contributed by atoms with van der Waals surface area (Å²) in [5, 5.41) is 8.12. The third-order valence-corrected chi connectivity index (χ3v) is 9.11. The molecule has 11 heteroatoms. The Kier molecular flexibility index (Phi) is 5.81. The number of nitrogens with one attached hydrogen (secondary N) is 1. The molecule has 198 valence electrons. The monoisotopic (exact) mass is 554 g/mol. The van der Waals surface area contributed by atoms with Crippen molar-refractivity contribution in [2.45, 2.75) is 63.0 Å². The number of rotatable bonds is 7. The van der Waals surface area contributed by atoms with Crippen molar-refractivity contribution in [3.63, 3.8) is 0 Å². The summed E-state index contributed by atoms with van der Waals surface area (Å²) in [7, 11) is 0. The maximum absolute atomic E-state index is 13.6. The number of hydrogen-bond acceptors (Lipinski definition) is 6. The lowest BCUT2D eigenvalue weighted by atomic mass is 10.0. The Bertz CT molecular complexity index is 1490. The van der Waals surface area contributed by atoms with Crippen molar-refractivity contribution in [2.75, 3.05) is 6.54 Å². The molecule has 2 aromatic heterocycles. The van der Waals surface area contributed by atoms with Crippen molar-refractivity contribution in [2.24, 2.45) is 11.3 Å². The van der Waals surface area contributed by atoms with Gasteiger partial charge in [-0.1, -0.05) is 13.0 Å². The fraction of sp³-hybridized carbons (Fsp3) is 0.481. The number of halogens is 2. The number of amides is 2. The highest BCUT2D eigenvalue weighted by molar-refractivity contribution is 6.50. The van der Waals surface area contributed by atoms with E-state index in [1.54, 1.807) is 22.0 Å². The number of benzene rings is 1. The lowest BCUT2D eigenvalue weighted by molar-refractivity contribution is -0.140. The van der Waals surface area contributed by atoms with Crippen molar-refractivity contribution in [3.8, 4) is 11.1 Å². The molecule has 3 fully saturated rings. The van der Waals surface area contributed by atoms with Gasteiger partial charge in [0.25, 0.3) is 0 Å². The number of nitrogens with zero attached hydrogens (tertiary/aromatic N) is 5. The second-order valence-electron chi connectivity index (χ2n) is 11.1. The zero-order valence-corrected chi connectivity index (χ0v) is 22.9. The van der Waals surface area contributed by atoms with Crippen LogP contribution in [0.25, 0.3) is 22.0 Å². The number of carbonyl (C=O) groups excluding carboxylic acids is 3. The Morgan fingerprint density at radius 2 is 1.82 bits per heavy atom. The van der Waals surface area contributed by atoms with Gasteiger partial charge in [-0.2, -0.15) is 5.10 Å². The zero-order valence-electron chi connectivity index (χ0n) is 21.4. The van der Waals surface area contributed by atoms with Gasteiger partial charge in [-0.25, -0.2) is 9.97 Å². The van der Waals surface area contributed by atoms with Crippen molar-refractivity contribution >= 4 is 51.7 Å². The van der Waals surface area contributed by atoms with Gasteiger partial charge < -0.3 is 10.2 Å². The van der Waals surface area contributed by atoms with Crippen LogP contribution in [-0.2, 0) is 16.1 Å². The molecule has 6 rings (SSSR count). The van der Waals surface area contributed by atoms with E-state index in [1.165, 1.54) is 6.92 Å². The van der Waals surface area contributed by atoms with Gasteiger partial charge >= 0.3 is 0 Å². The van der Waals surface area contributed by atoms with Gasteiger partial charge in [0.05, 0.1) is 5.52 Å². The van der Waals surface area contributed by atoms with E-state index in [4.69, 9.17) is 23.2 Å². The third-order valence-electron chi connectivity index (χ3n) is 8.19. The summed E-state index contributed by atoms with van der Waals surface area (Å²) >= 11 is 12.2. The first-order chi connectivity index (χ1) is 18.0. The second-order valence-corrected chi connectivity index (χ2v) is 12.7. The fourth-order valence-corrected chi connectivity index (χ4v) is 6.21. The largest absolute Gasteiger partial charge is 0.354 e. The maximum Gasteiger partial charge on any atom is 0.245 e. The standard InChI is InChI=1S/C27H28Cl2N6O3/c1-14(36)24-19-6-16(17-10-30-15(2)31-11-17)4-5-20(19)34(33-24)13-23(37)35-21(8-26(3)9-22(26)35)25(38)32-12-18-7-27(18,28)29/h4-6,10-11,18,21-22H,7-9,12-13H2,1-3H3,(H,32,38)/t18?,21-,22+,26?/m0/s1. The van der Waals surface area contributed by atoms with Crippen molar-refractivity contribution in [3.05, 3.63) is 42.1 Å². The second kappa shape index (κ2) is 8.74. The van der Waals surface area contributed by atoms with Crippen LogP contribution >= 0.6 is 23.2 Å². The molecule has 2 aliphatic carbocycles. The van der Waals surface area contributed by atoms with E-state index >= 15 is 0 Å². The summed E-state index contributed by atoms with van der Waals surface area (Å²) in [6.45, 7) is 5.72. The molecule has 3 aromatic rings. The van der Waals surface area contributed by atoms with Crippen LogP contribution < -0.4 is 5.32 Å². The molecule has 0 bridgehead atoms. The first-order valence-corrected chi connectivity index (χ1v) is 13.5. The average Bonchev–Trinajstić information content (AvgIpc) is 3.60. The van der Waals surface area contributed by atoms with Gasteiger partial charge in [0, 0.05) is 48.8 Å². The first kappa shape index (κ1) is 25.2. The van der Waals surface area contributed by atoms with Gasteiger partial charge in [0.1, 0.15) is 28.4 Å². The summed E-state index contributed by atoms with van der Waals surface area (Å²) < 4.78 is 0.796. The Labute approximate surface area is 229 Å². The molecule has 4 atom stereocenters. The number of aromatic nitrogens is 4. The van der Waals surface area contributed by atoms with Crippen molar-refractivity contribution in [1.29, 1.82) is 0 Å². The highest BCUT2D eigenvalue weighted by atomic mass is 35.5. The van der Waals surface area contributed by atoms with Gasteiger partial charge in [-0.05, 0) is 49.3 Å². The summed E-state index contributed by atoms with van der Waals surface area (Å²) in [6, 6.07) is 5.11. The van der Waals surface area contributed by atoms with Gasteiger partial charge in [0.2, 0.25) is 11.8 Å². The minimum absolute atomic E-state index is 0.0223. The van der Waals surface area contributed by atoms with Crippen molar-refractivity contribution < 1.29 is 14.4 Å². The van der Waals surface area contributed by atoms with Gasteiger partial charge in [-0.15, -0.1) is 23.2 Å². The van der Waals surface area contributed by atoms with E-state index in [0.29, 0.717) is 41.8 Å². The van der Waals surface area contributed by atoms with E-state index < -0.39 is 10.4 Å². The molecule has 1 aromatic carbocycles. The van der Waals surface area contributed by atoms with E-state index in [0.717, 1.165) is 17.5 Å². The van der Waals surface area contributed by atoms with Crippen LogP contribution in [0.1, 0.15) is 49.4 Å². The zero-order chi connectivity index (χ0) is 27.0. The SMILES string of the molecule is CC(=O)c1nn(CC(=O)N2[C@H](C(=O)NCC3CC3(Cl)Cl)CC3(C)C[C@@H]23)c2ccc(-c3cnc(C)nc3)cc12. The fourth-order valence-electron chi connectivity index (χ4n) is 5.68. The van der Waals surface area contributed by atoms with Crippen LogP contribution in [0.4, 0.5) is 0 Å². The molecule has 3 aliphatic rings. The van der Waals surface area contributed by atoms with Crippen LogP contribution in [0.5, 0.6) is 0 Å². The molecule has 38 heavy (non-hydrogen) atoms. The normalized spacial score (nSPS) is 26.8. The summed E-state index contributed by atoms with van der Waals surface area (Å²) in [5.74, 6) is 0.138. The van der Waals surface area contributed by atoms with Crippen LogP contribution in [0, 0.1) is 18.3 Å². The van der Waals surface area contributed by atoms with Crippen LogP contribution in [-0.4, -0.2) is 65.2 Å². The molecule has 1 saturated heterocycles. The van der Waals surface area contributed by atoms with Gasteiger partial charge in [-0.3, -0.25) is 19.1 Å². The van der Waals surface area contributed by atoms with Crippen LogP contribution in [0.15, 0.2) is 30.6 Å². The highest BCUT2D eigenvalue weighted by Gasteiger charge is 2.64. The van der Waals surface area contributed by atoms with E-state index in [-0.39, 0.29) is 41.5 Å². The predicted molar refractivity (Wildman–Crippen MR) is 143 cm³/mol. The first-order valence-electron chi connectivity index (χ1n) is 12.7. The number of aryl methyl sites for hydroxylation is 1. The minimum atomic E-state index is -0.769. The van der Waals surface area contributed by atoms with Crippen molar-refractivity contribution in [1.82, 2.24) is 30.0 Å². The molecule has 0 radical (unpaired) electrons. The molecule has 3 heterocycles. The molecular weight excluding hydrogens is 527 g/mol. The predicted octanol–water partition coefficient (Wildman–Crippen LogP) is 3.69. The number of alkyl halides is 2. The Hall–Kier alpha value is -3.04.